The highest BCUT2D eigenvalue weighted by atomic mass is 35.5. The molecule has 7 heteroatoms. The number of urea groups is 1. The number of nitrogens with one attached hydrogen (secondary N) is 2. The van der Waals surface area contributed by atoms with Gasteiger partial charge in [-0.05, 0) is 76.2 Å². The lowest BCUT2D eigenvalue weighted by atomic mass is 9.93. The van der Waals surface area contributed by atoms with Crippen molar-refractivity contribution >= 4 is 29.0 Å². The fourth-order valence-electron chi connectivity index (χ4n) is 3.72. The van der Waals surface area contributed by atoms with Crippen LogP contribution in [0.15, 0.2) is 66.7 Å². The van der Waals surface area contributed by atoms with E-state index in [0.29, 0.717) is 41.8 Å². The van der Waals surface area contributed by atoms with Crippen LogP contribution in [0.3, 0.4) is 0 Å². The molecule has 0 spiro atoms. The second-order valence-electron chi connectivity index (χ2n) is 7.58. The van der Waals surface area contributed by atoms with Crippen LogP contribution in [0.2, 0.25) is 5.02 Å². The lowest BCUT2D eigenvalue weighted by Crippen LogP contribution is -2.36. The van der Waals surface area contributed by atoms with Crippen molar-refractivity contribution in [2.45, 2.75) is 33.5 Å². The third-order valence-corrected chi connectivity index (χ3v) is 5.37. The fraction of sp³-hybridized carbons (Fsp3) is 0.296. The number of aryl methyl sites for hydroxylation is 1. The third kappa shape index (κ3) is 6.08. The SMILES string of the molecule is CCOc1ccc(NC(=O)Nc2ccc(C)cc2C(OCC)(OCC)c2ccc(Cl)cc2)cc1. The minimum Gasteiger partial charge on any atom is -0.494 e. The first-order valence-electron chi connectivity index (χ1n) is 11.4. The normalized spacial score (nSPS) is 11.2. The van der Waals surface area contributed by atoms with E-state index in [1.807, 2.05) is 70.2 Å². The molecular weight excluding hydrogens is 452 g/mol. The van der Waals surface area contributed by atoms with Crippen molar-refractivity contribution in [2.24, 2.45) is 0 Å². The highest BCUT2D eigenvalue weighted by Crippen LogP contribution is 2.40. The van der Waals surface area contributed by atoms with Crippen molar-refractivity contribution in [3.05, 3.63) is 88.4 Å². The van der Waals surface area contributed by atoms with E-state index in [-0.39, 0.29) is 6.03 Å². The molecular formula is C27H31ClN2O4. The van der Waals surface area contributed by atoms with Gasteiger partial charge in [-0.1, -0.05) is 35.4 Å². The monoisotopic (exact) mass is 482 g/mol. The van der Waals surface area contributed by atoms with Crippen LogP contribution in [0.25, 0.3) is 0 Å². The number of ether oxygens (including phenoxy) is 3. The molecule has 0 heterocycles. The molecule has 0 atom stereocenters. The van der Waals surface area contributed by atoms with E-state index in [9.17, 15) is 4.79 Å². The summed E-state index contributed by atoms with van der Waals surface area (Å²) >= 11 is 6.14. The Balaban J connectivity index is 1.96. The molecule has 0 saturated heterocycles. The summed E-state index contributed by atoms with van der Waals surface area (Å²) in [5, 5.41) is 6.44. The third-order valence-electron chi connectivity index (χ3n) is 5.12. The van der Waals surface area contributed by atoms with Crippen molar-refractivity contribution in [2.75, 3.05) is 30.5 Å². The van der Waals surface area contributed by atoms with Crippen LogP contribution in [-0.4, -0.2) is 25.9 Å². The summed E-state index contributed by atoms with van der Waals surface area (Å²) in [6, 6.07) is 19.9. The van der Waals surface area contributed by atoms with Crippen molar-refractivity contribution in [3.8, 4) is 5.75 Å². The number of halogens is 1. The van der Waals surface area contributed by atoms with E-state index < -0.39 is 5.79 Å². The van der Waals surface area contributed by atoms with Gasteiger partial charge >= 0.3 is 6.03 Å². The Morgan fingerprint density at radius 2 is 1.50 bits per heavy atom. The van der Waals surface area contributed by atoms with Gasteiger partial charge in [-0.15, -0.1) is 0 Å². The molecule has 0 aliphatic heterocycles. The number of hydrogen-bond donors (Lipinski definition) is 2. The maximum Gasteiger partial charge on any atom is 0.323 e. The van der Waals surface area contributed by atoms with Crippen LogP contribution in [0.4, 0.5) is 16.2 Å². The average Bonchev–Trinajstić information content (AvgIpc) is 2.82. The van der Waals surface area contributed by atoms with Crippen LogP contribution >= 0.6 is 11.6 Å². The van der Waals surface area contributed by atoms with Gasteiger partial charge in [-0.3, -0.25) is 0 Å². The van der Waals surface area contributed by atoms with Gasteiger partial charge in [-0.2, -0.15) is 0 Å². The second kappa shape index (κ2) is 11.9. The van der Waals surface area contributed by atoms with Crippen LogP contribution in [-0.2, 0) is 15.3 Å². The molecule has 3 aromatic rings. The summed E-state index contributed by atoms with van der Waals surface area (Å²) < 4.78 is 18.0. The van der Waals surface area contributed by atoms with Gasteiger partial charge < -0.3 is 24.8 Å². The summed E-state index contributed by atoms with van der Waals surface area (Å²) in [6.07, 6.45) is 0. The lowest BCUT2D eigenvalue weighted by molar-refractivity contribution is -0.212. The number of amides is 2. The lowest BCUT2D eigenvalue weighted by Gasteiger charge is -2.35. The molecule has 3 aromatic carbocycles. The smallest absolute Gasteiger partial charge is 0.323 e. The average molecular weight is 483 g/mol. The van der Waals surface area contributed by atoms with Crippen LogP contribution in [0.5, 0.6) is 5.75 Å². The fourth-order valence-corrected chi connectivity index (χ4v) is 3.85. The van der Waals surface area contributed by atoms with E-state index in [1.165, 1.54) is 0 Å². The summed E-state index contributed by atoms with van der Waals surface area (Å²) in [4.78, 5) is 12.9. The second-order valence-corrected chi connectivity index (χ2v) is 8.01. The standard InChI is InChI=1S/C27H31ClN2O4/c1-5-32-23-15-13-22(14-16-23)29-26(31)30-25-17-8-19(4)18-24(25)27(33-6-2,34-7-3)20-9-11-21(28)12-10-20/h8-18H,5-7H2,1-4H3,(H2,29,30,31). The Hall–Kier alpha value is -3.06. The van der Waals surface area contributed by atoms with Gasteiger partial charge in [0.25, 0.3) is 0 Å². The predicted molar refractivity (Wildman–Crippen MR) is 137 cm³/mol. The van der Waals surface area contributed by atoms with Crippen molar-refractivity contribution in [1.29, 1.82) is 0 Å². The molecule has 0 aliphatic rings. The van der Waals surface area contributed by atoms with Crippen molar-refractivity contribution < 1.29 is 19.0 Å². The Kier molecular flexibility index (Phi) is 8.93. The van der Waals surface area contributed by atoms with Gasteiger partial charge in [0.1, 0.15) is 5.75 Å². The Morgan fingerprint density at radius 3 is 2.09 bits per heavy atom. The van der Waals surface area contributed by atoms with E-state index in [0.717, 1.165) is 16.9 Å². The Morgan fingerprint density at radius 1 is 0.853 bits per heavy atom. The first kappa shape index (κ1) is 25.6. The number of rotatable bonds is 10. The highest BCUT2D eigenvalue weighted by Gasteiger charge is 2.38. The van der Waals surface area contributed by atoms with E-state index >= 15 is 0 Å². The summed E-state index contributed by atoms with van der Waals surface area (Å²) in [5.41, 5.74) is 3.70. The first-order valence-corrected chi connectivity index (χ1v) is 11.8. The predicted octanol–water partition coefficient (Wildman–Crippen LogP) is 6.97. The summed E-state index contributed by atoms with van der Waals surface area (Å²) in [5.74, 6) is -0.475. The van der Waals surface area contributed by atoms with Crippen LogP contribution < -0.4 is 15.4 Å². The zero-order valence-corrected chi connectivity index (χ0v) is 20.7. The molecule has 0 radical (unpaired) electrons. The minimum absolute atomic E-state index is 0.382. The van der Waals surface area contributed by atoms with Gasteiger partial charge in [0.15, 0.2) is 0 Å². The Bertz CT molecular complexity index is 1080. The molecule has 34 heavy (non-hydrogen) atoms. The van der Waals surface area contributed by atoms with E-state index in [4.69, 9.17) is 25.8 Å². The maximum atomic E-state index is 12.9. The topological polar surface area (TPSA) is 68.8 Å². The molecule has 0 unspecified atom stereocenters. The van der Waals surface area contributed by atoms with E-state index in [2.05, 4.69) is 10.6 Å². The van der Waals surface area contributed by atoms with E-state index in [1.54, 1.807) is 24.3 Å². The summed E-state index contributed by atoms with van der Waals surface area (Å²) in [6.45, 7) is 9.10. The number of carbonyl (C=O) groups excluding carboxylic acids is 1. The maximum absolute atomic E-state index is 12.9. The van der Waals surface area contributed by atoms with Crippen LogP contribution in [0, 0.1) is 6.92 Å². The van der Waals surface area contributed by atoms with Crippen LogP contribution in [0.1, 0.15) is 37.5 Å². The first-order chi connectivity index (χ1) is 16.4. The van der Waals surface area contributed by atoms with Crippen molar-refractivity contribution in [3.63, 3.8) is 0 Å². The molecule has 180 valence electrons. The molecule has 0 aromatic heterocycles. The molecule has 3 rings (SSSR count). The molecule has 0 fully saturated rings. The Labute approximate surface area is 206 Å². The zero-order valence-electron chi connectivity index (χ0n) is 20.0. The molecule has 2 N–H and O–H groups in total. The number of benzene rings is 3. The molecule has 0 bridgehead atoms. The van der Waals surface area contributed by atoms with Gasteiger partial charge in [0.2, 0.25) is 5.79 Å². The van der Waals surface area contributed by atoms with Gasteiger partial charge in [0, 0.05) is 35.1 Å². The highest BCUT2D eigenvalue weighted by molar-refractivity contribution is 6.30. The van der Waals surface area contributed by atoms with Gasteiger partial charge in [-0.25, -0.2) is 4.79 Å². The molecule has 0 saturated carbocycles. The summed E-state index contributed by atoms with van der Waals surface area (Å²) in [7, 11) is 0. The van der Waals surface area contributed by atoms with Gasteiger partial charge in [0.05, 0.1) is 12.3 Å². The number of hydrogen-bond acceptors (Lipinski definition) is 4. The molecule has 6 nitrogen and oxygen atoms in total. The molecule has 2 amide bonds. The zero-order chi connectivity index (χ0) is 24.6. The molecule has 0 aliphatic carbocycles. The quantitative estimate of drug-likeness (QED) is 0.306. The van der Waals surface area contributed by atoms with Crippen molar-refractivity contribution in [1.82, 2.24) is 0 Å². The minimum atomic E-state index is -1.22. The number of anilines is 2. The number of carbonyl (C=O) groups is 1. The largest absolute Gasteiger partial charge is 0.494 e.